The Morgan fingerprint density at radius 1 is 1.38 bits per heavy atom. The minimum Gasteiger partial charge on any atom is -0.462 e. The number of carbonyl (C=O) groups excluding carboxylic acids is 1. The molecule has 7 nitrogen and oxygen atoms in total. The smallest absolute Gasteiger partial charge is 0.341 e. The molecule has 1 aromatic rings. The largest absolute Gasteiger partial charge is 0.462 e. The molecule has 1 aliphatic carbocycles. The summed E-state index contributed by atoms with van der Waals surface area (Å²) in [6, 6.07) is 1.68. The van der Waals surface area contributed by atoms with Gasteiger partial charge in [-0.2, -0.15) is 8.42 Å². The Morgan fingerprint density at radius 2 is 2.04 bits per heavy atom. The molecule has 0 aromatic carbocycles. The van der Waals surface area contributed by atoms with Gasteiger partial charge in [0.1, 0.15) is 10.7 Å². The van der Waals surface area contributed by atoms with Crippen LogP contribution >= 0.6 is 11.6 Å². The molecule has 1 N–H and O–H groups in total. The van der Waals surface area contributed by atoms with Crippen molar-refractivity contribution in [3.63, 3.8) is 0 Å². The summed E-state index contributed by atoms with van der Waals surface area (Å²) in [4.78, 5) is 15.9. The van der Waals surface area contributed by atoms with E-state index < -0.39 is 16.1 Å². The highest BCUT2D eigenvalue weighted by Crippen LogP contribution is 2.27. The highest BCUT2D eigenvalue weighted by molar-refractivity contribution is 7.86. The van der Waals surface area contributed by atoms with Gasteiger partial charge >= 0.3 is 5.97 Å². The van der Waals surface area contributed by atoms with Crippen LogP contribution in [-0.2, 0) is 19.0 Å². The quantitative estimate of drug-likeness (QED) is 0.463. The second-order valence-electron chi connectivity index (χ2n) is 5.69. The number of ether oxygens (including phenoxy) is 1. The lowest BCUT2D eigenvalue weighted by Crippen LogP contribution is -2.31. The van der Waals surface area contributed by atoms with Gasteiger partial charge < -0.3 is 10.1 Å². The van der Waals surface area contributed by atoms with Gasteiger partial charge in [0.05, 0.1) is 24.7 Å². The number of pyridine rings is 1. The molecular weight excluding hydrogens is 356 g/mol. The summed E-state index contributed by atoms with van der Waals surface area (Å²) in [5, 5.41) is 3.56. The fourth-order valence-electron chi connectivity index (χ4n) is 2.69. The number of nitrogens with zero attached hydrogens (tertiary/aromatic N) is 1. The Kier molecular flexibility index (Phi) is 6.42. The molecule has 0 atom stereocenters. The van der Waals surface area contributed by atoms with E-state index in [2.05, 4.69) is 10.3 Å². The number of anilines is 1. The van der Waals surface area contributed by atoms with Crippen molar-refractivity contribution in [2.24, 2.45) is 0 Å². The maximum absolute atomic E-state index is 12.0. The van der Waals surface area contributed by atoms with Crippen LogP contribution in [0.1, 0.15) is 43.0 Å². The van der Waals surface area contributed by atoms with Crippen LogP contribution in [0.4, 0.5) is 5.69 Å². The predicted molar refractivity (Wildman–Crippen MR) is 90.8 cm³/mol. The van der Waals surface area contributed by atoms with Gasteiger partial charge in [-0.25, -0.2) is 9.78 Å². The zero-order valence-corrected chi connectivity index (χ0v) is 15.2. The molecule has 9 heteroatoms. The Hall–Kier alpha value is -1.38. The van der Waals surface area contributed by atoms with Crippen LogP contribution in [0.5, 0.6) is 0 Å². The molecule has 0 unspecified atom stereocenters. The third-order valence-corrected chi connectivity index (χ3v) is 4.54. The van der Waals surface area contributed by atoms with Crippen molar-refractivity contribution in [1.29, 1.82) is 0 Å². The van der Waals surface area contributed by atoms with Crippen molar-refractivity contribution in [1.82, 2.24) is 4.98 Å². The molecule has 0 amide bonds. The number of esters is 1. The first-order valence-electron chi connectivity index (χ1n) is 7.76. The number of hydrogen-bond acceptors (Lipinski definition) is 7. The molecule has 1 saturated carbocycles. The predicted octanol–water partition coefficient (Wildman–Crippen LogP) is 2.61. The molecule has 0 aliphatic heterocycles. The first-order chi connectivity index (χ1) is 11.3. The van der Waals surface area contributed by atoms with Crippen LogP contribution in [0.3, 0.4) is 0 Å². The van der Waals surface area contributed by atoms with E-state index in [1.54, 1.807) is 13.0 Å². The molecule has 24 heavy (non-hydrogen) atoms. The highest BCUT2D eigenvalue weighted by atomic mass is 35.5. The highest BCUT2D eigenvalue weighted by Gasteiger charge is 2.25. The van der Waals surface area contributed by atoms with Gasteiger partial charge in [-0.15, -0.1) is 0 Å². The topological polar surface area (TPSA) is 94.6 Å². The minimum atomic E-state index is -3.44. The molecule has 0 radical (unpaired) electrons. The Balaban J connectivity index is 2.02. The van der Waals surface area contributed by atoms with Crippen molar-refractivity contribution in [2.75, 3.05) is 18.2 Å². The minimum absolute atomic E-state index is 0.0936. The summed E-state index contributed by atoms with van der Waals surface area (Å²) in [7, 11) is -3.44. The van der Waals surface area contributed by atoms with Gasteiger partial charge in [0.15, 0.2) is 0 Å². The van der Waals surface area contributed by atoms with Gasteiger partial charge in [0, 0.05) is 12.2 Å². The van der Waals surface area contributed by atoms with Crippen molar-refractivity contribution >= 4 is 33.4 Å². The number of hydrogen-bond donors (Lipinski definition) is 1. The molecule has 1 aromatic heterocycles. The SMILES string of the molecule is CCOC(=O)c1cnc(Cl)cc1N[C@H]1CC[C@@H](OS(C)(=O)=O)CC1. The molecule has 1 aliphatic rings. The lowest BCUT2D eigenvalue weighted by atomic mass is 9.93. The summed E-state index contributed by atoms with van der Waals surface area (Å²) >= 11 is 5.92. The number of rotatable bonds is 6. The van der Waals surface area contributed by atoms with Crippen LogP contribution < -0.4 is 5.32 Å². The second kappa shape index (κ2) is 8.13. The first-order valence-corrected chi connectivity index (χ1v) is 9.95. The average Bonchev–Trinajstić information content (AvgIpc) is 2.48. The fourth-order valence-corrected chi connectivity index (χ4v) is 3.54. The maximum Gasteiger partial charge on any atom is 0.341 e. The van der Waals surface area contributed by atoms with E-state index in [-0.39, 0.29) is 23.9 Å². The van der Waals surface area contributed by atoms with E-state index in [1.807, 2.05) is 0 Å². The molecule has 134 valence electrons. The van der Waals surface area contributed by atoms with Gasteiger partial charge in [-0.05, 0) is 38.7 Å². The zero-order chi connectivity index (χ0) is 17.7. The van der Waals surface area contributed by atoms with Gasteiger partial charge in [0.2, 0.25) is 0 Å². The van der Waals surface area contributed by atoms with Gasteiger partial charge in [0.25, 0.3) is 10.1 Å². The molecule has 0 saturated heterocycles. The first kappa shape index (κ1) is 19.0. The van der Waals surface area contributed by atoms with Crippen LogP contribution in [0.2, 0.25) is 5.15 Å². The molecule has 2 rings (SSSR count). The molecule has 0 bridgehead atoms. The van der Waals surface area contributed by atoms with Crippen LogP contribution in [0.15, 0.2) is 12.3 Å². The van der Waals surface area contributed by atoms with E-state index in [4.69, 9.17) is 20.5 Å². The third kappa shape index (κ3) is 5.61. The van der Waals surface area contributed by atoms with E-state index in [1.165, 1.54) is 6.20 Å². The third-order valence-electron chi connectivity index (χ3n) is 3.71. The monoisotopic (exact) mass is 376 g/mol. The fraction of sp³-hybridized carbons (Fsp3) is 0.600. The number of nitrogens with one attached hydrogen (secondary N) is 1. The number of carbonyl (C=O) groups is 1. The second-order valence-corrected chi connectivity index (χ2v) is 7.68. The Morgan fingerprint density at radius 3 is 2.62 bits per heavy atom. The normalized spacial score (nSPS) is 21.3. The van der Waals surface area contributed by atoms with E-state index in [0.717, 1.165) is 19.1 Å². The summed E-state index contributed by atoms with van der Waals surface area (Å²) in [5.74, 6) is -0.460. The van der Waals surface area contributed by atoms with Gasteiger partial charge in [-0.3, -0.25) is 4.18 Å². The maximum atomic E-state index is 12.0. The van der Waals surface area contributed by atoms with E-state index >= 15 is 0 Å². The lowest BCUT2D eigenvalue weighted by molar-refractivity contribution is 0.0526. The molecule has 1 heterocycles. The number of aromatic nitrogens is 1. The molecule has 0 spiro atoms. The Labute approximate surface area is 146 Å². The molecule has 1 fully saturated rings. The van der Waals surface area contributed by atoms with Crippen molar-refractivity contribution in [3.8, 4) is 0 Å². The zero-order valence-electron chi connectivity index (χ0n) is 13.6. The van der Waals surface area contributed by atoms with Crippen molar-refractivity contribution in [2.45, 2.75) is 44.8 Å². The van der Waals surface area contributed by atoms with Crippen molar-refractivity contribution in [3.05, 3.63) is 23.0 Å². The van der Waals surface area contributed by atoms with Crippen molar-refractivity contribution < 1.29 is 22.1 Å². The van der Waals surface area contributed by atoms with Crippen LogP contribution in [-0.4, -0.2) is 44.4 Å². The Bertz CT molecular complexity index is 687. The average molecular weight is 377 g/mol. The summed E-state index contributed by atoms with van der Waals surface area (Å²) < 4.78 is 32.4. The van der Waals surface area contributed by atoms with Crippen LogP contribution in [0.25, 0.3) is 0 Å². The standard InChI is InChI=1S/C15H21ClN2O5S/c1-3-22-15(19)12-9-17-14(16)8-13(12)18-10-4-6-11(7-5-10)23-24(2,20)21/h8-11H,3-7H2,1-2H3,(H,17,18)/t10-,11+. The van der Waals surface area contributed by atoms with E-state index in [0.29, 0.717) is 24.1 Å². The van der Waals surface area contributed by atoms with Crippen LogP contribution in [0, 0.1) is 0 Å². The van der Waals surface area contributed by atoms with E-state index in [9.17, 15) is 13.2 Å². The number of halogens is 1. The summed E-state index contributed by atoms with van der Waals surface area (Å²) in [6.07, 6.45) is 4.85. The lowest BCUT2D eigenvalue weighted by Gasteiger charge is -2.29. The molecular formula is C15H21ClN2O5S. The van der Waals surface area contributed by atoms with Gasteiger partial charge in [-0.1, -0.05) is 11.6 Å². The summed E-state index contributed by atoms with van der Waals surface area (Å²) in [6.45, 7) is 2.01. The summed E-state index contributed by atoms with van der Waals surface area (Å²) in [5.41, 5.74) is 0.900.